The highest BCUT2D eigenvalue weighted by atomic mass is 35.5. The normalized spacial score (nSPS) is 27.1. The van der Waals surface area contributed by atoms with E-state index in [-0.39, 0.29) is 17.8 Å². The molecule has 2 N–H and O–H groups in total. The summed E-state index contributed by atoms with van der Waals surface area (Å²) in [5.74, 6) is 0.736. The van der Waals surface area contributed by atoms with E-state index in [1.54, 1.807) is 0 Å². The van der Waals surface area contributed by atoms with Gasteiger partial charge >= 0.3 is 0 Å². The number of halogens is 1. The summed E-state index contributed by atoms with van der Waals surface area (Å²) in [4.78, 5) is 0. The zero-order chi connectivity index (χ0) is 11.3. The summed E-state index contributed by atoms with van der Waals surface area (Å²) in [6, 6.07) is 0. The molecule has 1 rings (SSSR count). The van der Waals surface area contributed by atoms with Gasteiger partial charge in [0.05, 0.1) is 11.9 Å². The Bertz CT molecular complexity index is 281. The van der Waals surface area contributed by atoms with Crippen LogP contribution in [0.15, 0.2) is 0 Å². The lowest BCUT2D eigenvalue weighted by Crippen LogP contribution is -2.31. The average molecular weight is 256 g/mol. The third kappa shape index (κ3) is 5.15. The van der Waals surface area contributed by atoms with Crippen molar-refractivity contribution >= 4 is 21.6 Å². The van der Waals surface area contributed by atoms with Crippen molar-refractivity contribution in [3.05, 3.63) is 0 Å². The monoisotopic (exact) mass is 255 g/mol. The first-order valence-corrected chi connectivity index (χ1v) is 7.43. The molecule has 1 aliphatic carbocycles. The van der Waals surface area contributed by atoms with E-state index in [9.17, 15) is 13.5 Å². The van der Waals surface area contributed by atoms with E-state index >= 15 is 0 Å². The molecule has 0 bridgehead atoms. The van der Waals surface area contributed by atoms with Gasteiger partial charge in [0.2, 0.25) is 10.0 Å². The lowest BCUT2D eigenvalue weighted by molar-refractivity contribution is 0.178. The Morgan fingerprint density at radius 3 is 2.67 bits per heavy atom. The third-order valence-corrected chi connectivity index (χ3v) is 4.35. The molecule has 1 aliphatic rings. The van der Waals surface area contributed by atoms with E-state index in [0.29, 0.717) is 25.3 Å². The van der Waals surface area contributed by atoms with Crippen LogP contribution >= 0.6 is 11.6 Å². The van der Waals surface area contributed by atoms with E-state index in [1.165, 1.54) is 0 Å². The summed E-state index contributed by atoms with van der Waals surface area (Å²) in [6.45, 7) is 0.446. The van der Waals surface area contributed by atoms with Gasteiger partial charge in [-0.25, -0.2) is 13.1 Å². The van der Waals surface area contributed by atoms with Crippen molar-refractivity contribution in [3.8, 4) is 0 Å². The van der Waals surface area contributed by atoms with E-state index < -0.39 is 10.0 Å². The first-order valence-electron chi connectivity index (χ1n) is 5.25. The predicted octanol–water partition coefficient (Wildman–Crippen LogP) is 0.696. The van der Waals surface area contributed by atoms with E-state index in [2.05, 4.69) is 4.72 Å². The summed E-state index contributed by atoms with van der Waals surface area (Å²) in [6.07, 6.45) is 2.62. The summed E-state index contributed by atoms with van der Waals surface area (Å²) in [5.41, 5.74) is 0. The van der Waals surface area contributed by atoms with Gasteiger partial charge in [-0.2, -0.15) is 0 Å². The van der Waals surface area contributed by atoms with Crippen LogP contribution in [0.4, 0.5) is 0 Å². The SMILES string of the molecule is O=S(=O)(CCCCl)NCC1CCC(O)C1. The Morgan fingerprint density at radius 1 is 1.40 bits per heavy atom. The Morgan fingerprint density at radius 2 is 2.13 bits per heavy atom. The summed E-state index contributed by atoms with van der Waals surface area (Å²) >= 11 is 5.43. The van der Waals surface area contributed by atoms with Crippen molar-refractivity contribution < 1.29 is 13.5 Å². The molecule has 0 spiro atoms. The van der Waals surface area contributed by atoms with Gasteiger partial charge in [0.25, 0.3) is 0 Å². The van der Waals surface area contributed by atoms with Gasteiger partial charge in [-0.05, 0) is 31.6 Å². The van der Waals surface area contributed by atoms with Crippen LogP contribution in [0.2, 0.25) is 0 Å². The standard InChI is InChI=1S/C9H18ClNO3S/c10-4-1-5-15(13,14)11-7-8-2-3-9(12)6-8/h8-9,11-12H,1-7H2. The second kappa shape index (κ2) is 6.03. The summed E-state index contributed by atoms with van der Waals surface area (Å²) in [5, 5.41) is 9.28. The van der Waals surface area contributed by atoms with Crippen LogP contribution in [0.5, 0.6) is 0 Å². The molecule has 0 heterocycles. The van der Waals surface area contributed by atoms with Gasteiger partial charge in [-0.3, -0.25) is 0 Å². The second-order valence-electron chi connectivity index (χ2n) is 4.04. The molecule has 4 nitrogen and oxygen atoms in total. The molecule has 2 atom stereocenters. The summed E-state index contributed by atoms with van der Waals surface area (Å²) < 4.78 is 25.3. The van der Waals surface area contributed by atoms with Crippen LogP contribution in [-0.4, -0.2) is 37.8 Å². The average Bonchev–Trinajstić information content (AvgIpc) is 2.59. The molecule has 0 radical (unpaired) electrons. The summed E-state index contributed by atoms with van der Waals surface area (Å²) in [7, 11) is -3.16. The fourth-order valence-electron chi connectivity index (χ4n) is 1.80. The van der Waals surface area contributed by atoms with Gasteiger partial charge in [0.1, 0.15) is 0 Å². The molecule has 0 saturated heterocycles. The van der Waals surface area contributed by atoms with Gasteiger partial charge in [0.15, 0.2) is 0 Å². The van der Waals surface area contributed by atoms with Gasteiger partial charge in [-0.15, -0.1) is 11.6 Å². The smallest absolute Gasteiger partial charge is 0.211 e. The zero-order valence-electron chi connectivity index (χ0n) is 8.65. The number of aliphatic hydroxyl groups excluding tert-OH is 1. The molecular formula is C9H18ClNO3S. The first kappa shape index (κ1) is 13.2. The highest BCUT2D eigenvalue weighted by Crippen LogP contribution is 2.24. The van der Waals surface area contributed by atoms with Crippen LogP contribution in [-0.2, 0) is 10.0 Å². The number of alkyl halides is 1. The molecule has 1 fully saturated rings. The first-order chi connectivity index (χ1) is 7.03. The molecule has 90 valence electrons. The van der Waals surface area contributed by atoms with Crippen molar-refractivity contribution in [1.29, 1.82) is 0 Å². The Hall–Kier alpha value is 0.160. The molecule has 6 heteroatoms. The Kier molecular flexibility index (Phi) is 5.32. The number of sulfonamides is 1. The lowest BCUT2D eigenvalue weighted by Gasteiger charge is -2.10. The lowest BCUT2D eigenvalue weighted by atomic mass is 10.1. The maximum Gasteiger partial charge on any atom is 0.211 e. The van der Waals surface area contributed by atoms with Gasteiger partial charge in [-0.1, -0.05) is 0 Å². The van der Waals surface area contributed by atoms with Crippen LogP contribution in [0.25, 0.3) is 0 Å². The molecule has 0 amide bonds. The fourth-order valence-corrected chi connectivity index (χ4v) is 3.25. The van der Waals surface area contributed by atoms with Crippen LogP contribution in [0, 0.1) is 5.92 Å². The number of hydrogen-bond acceptors (Lipinski definition) is 3. The van der Waals surface area contributed by atoms with Gasteiger partial charge in [0, 0.05) is 12.4 Å². The maximum atomic E-state index is 11.4. The number of aliphatic hydroxyl groups is 1. The molecule has 1 saturated carbocycles. The largest absolute Gasteiger partial charge is 0.393 e. The van der Waals surface area contributed by atoms with Crippen LogP contribution < -0.4 is 4.72 Å². The highest BCUT2D eigenvalue weighted by Gasteiger charge is 2.23. The van der Waals surface area contributed by atoms with E-state index in [1.807, 2.05) is 0 Å². The van der Waals surface area contributed by atoms with Crippen molar-refractivity contribution in [2.45, 2.75) is 31.8 Å². The molecule has 0 aromatic heterocycles. The minimum Gasteiger partial charge on any atom is -0.393 e. The topological polar surface area (TPSA) is 66.4 Å². The molecule has 0 aromatic carbocycles. The third-order valence-electron chi connectivity index (χ3n) is 2.65. The minimum absolute atomic E-state index is 0.0891. The van der Waals surface area contributed by atoms with Crippen LogP contribution in [0.1, 0.15) is 25.7 Å². The second-order valence-corrected chi connectivity index (χ2v) is 6.35. The molecule has 0 aliphatic heterocycles. The Balaban J connectivity index is 2.24. The number of hydrogen-bond donors (Lipinski definition) is 2. The van der Waals surface area contributed by atoms with Crippen molar-refractivity contribution in [2.24, 2.45) is 5.92 Å². The molecule has 2 unspecified atom stereocenters. The maximum absolute atomic E-state index is 11.4. The fraction of sp³-hybridized carbons (Fsp3) is 1.00. The van der Waals surface area contributed by atoms with Crippen molar-refractivity contribution in [3.63, 3.8) is 0 Å². The quantitative estimate of drug-likeness (QED) is 0.687. The minimum atomic E-state index is -3.16. The van der Waals surface area contributed by atoms with Gasteiger partial charge < -0.3 is 5.11 Å². The van der Waals surface area contributed by atoms with Crippen molar-refractivity contribution in [2.75, 3.05) is 18.2 Å². The van der Waals surface area contributed by atoms with E-state index in [4.69, 9.17) is 11.6 Å². The molecule has 0 aromatic rings. The number of rotatable bonds is 6. The highest BCUT2D eigenvalue weighted by molar-refractivity contribution is 7.89. The predicted molar refractivity (Wildman–Crippen MR) is 60.5 cm³/mol. The molecule has 15 heavy (non-hydrogen) atoms. The van der Waals surface area contributed by atoms with Crippen molar-refractivity contribution in [1.82, 2.24) is 4.72 Å². The molecular weight excluding hydrogens is 238 g/mol. The van der Waals surface area contributed by atoms with Crippen LogP contribution in [0.3, 0.4) is 0 Å². The zero-order valence-corrected chi connectivity index (χ0v) is 10.2. The Labute approximate surface area is 96.1 Å². The van der Waals surface area contributed by atoms with E-state index in [0.717, 1.165) is 12.8 Å². The number of nitrogens with one attached hydrogen (secondary N) is 1.